The van der Waals surface area contributed by atoms with Crippen molar-refractivity contribution in [2.75, 3.05) is 19.6 Å². The van der Waals surface area contributed by atoms with E-state index in [1.165, 1.54) is 12.8 Å². The van der Waals surface area contributed by atoms with Gasteiger partial charge in [0.1, 0.15) is 5.54 Å². The van der Waals surface area contributed by atoms with Gasteiger partial charge in [-0.25, -0.2) is 0 Å². The molecule has 0 spiro atoms. The maximum atomic E-state index is 12.9. The molecule has 4 N–H and O–H groups in total. The lowest BCUT2D eigenvalue weighted by atomic mass is 9.81. The molecule has 1 aliphatic rings. The molecule has 3 rings (SSSR count). The van der Waals surface area contributed by atoms with Crippen molar-refractivity contribution in [3.8, 4) is 0 Å². The summed E-state index contributed by atoms with van der Waals surface area (Å²) in [5.74, 6) is 0.360. The van der Waals surface area contributed by atoms with Crippen LogP contribution in [0.4, 0.5) is 0 Å². The van der Waals surface area contributed by atoms with Crippen LogP contribution in [0.25, 0.3) is 0 Å². The fourth-order valence-corrected chi connectivity index (χ4v) is 4.27. The van der Waals surface area contributed by atoms with Crippen molar-refractivity contribution in [1.29, 1.82) is 0 Å². The Kier molecular flexibility index (Phi) is 6.81. The number of amides is 1. The Balaban J connectivity index is 1.89. The van der Waals surface area contributed by atoms with Gasteiger partial charge in [-0.1, -0.05) is 29.3 Å². The van der Waals surface area contributed by atoms with Gasteiger partial charge in [-0.3, -0.25) is 15.1 Å². The number of rotatable bonds is 8. The number of piperidine rings is 1. The van der Waals surface area contributed by atoms with Gasteiger partial charge in [0.2, 0.25) is 5.91 Å². The zero-order chi connectivity index (χ0) is 20.0. The number of benzene rings is 1. The van der Waals surface area contributed by atoms with E-state index < -0.39 is 5.54 Å². The maximum Gasteiger partial charge on any atom is 0.242 e. The minimum atomic E-state index is -0.926. The number of primary amides is 1. The Bertz CT molecular complexity index is 766. The van der Waals surface area contributed by atoms with E-state index >= 15 is 0 Å². The van der Waals surface area contributed by atoms with Crippen molar-refractivity contribution >= 4 is 5.91 Å². The predicted molar refractivity (Wildman–Crippen MR) is 113 cm³/mol. The third kappa shape index (κ3) is 4.97. The molecule has 5 nitrogen and oxygen atoms in total. The predicted octanol–water partition coefficient (Wildman–Crippen LogP) is 2.60. The van der Waals surface area contributed by atoms with Gasteiger partial charge in [-0.2, -0.15) is 0 Å². The van der Waals surface area contributed by atoms with E-state index in [0.717, 1.165) is 48.3 Å². The molecule has 28 heavy (non-hydrogen) atoms. The molecule has 1 aromatic carbocycles. The minimum absolute atomic E-state index is 0.334. The minimum Gasteiger partial charge on any atom is -0.368 e. The van der Waals surface area contributed by atoms with Crippen molar-refractivity contribution in [1.82, 2.24) is 15.6 Å². The summed E-state index contributed by atoms with van der Waals surface area (Å²) < 4.78 is 0. The SMILES string of the molecule is Cc1cc(C)cc(C(Cc2ccncc2)(NCCC2CCNCC2)C(N)=O)c1. The van der Waals surface area contributed by atoms with Crippen LogP contribution in [-0.4, -0.2) is 30.5 Å². The first-order chi connectivity index (χ1) is 13.5. The lowest BCUT2D eigenvalue weighted by molar-refractivity contribution is -0.124. The van der Waals surface area contributed by atoms with E-state index in [1.807, 2.05) is 12.1 Å². The lowest BCUT2D eigenvalue weighted by Gasteiger charge is -2.34. The first-order valence-corrected chi connectivity index (χ1v) is 10.2. The van der Waals surface area contributed by atoms with Crippen molar-refractivity contribution in [3.05, 3.63) is 65.0 Å². The van der Waals surface area contributed by atoms with Gasteiger partial charge < -0.3 is 11.1 Å². The van der Waals surface area contributed by atoms with Crippen LogP contribution in [0.5, 0.6) is 0 Å². The van der Waals surface area contributed by atoms with E-state index in [0.29, 0.717) is 12.3 Å². The topological polar surface area (TPSA) is 80.0 Å². The number of carbonyl (C=O) groups is 1. The van der Waals surface area contributed by atoms with Gasteiger partial charge >= 0.3 is 0 Å². The summed E-state index contributed by atoms with van der Waals surface area (Å²) in [7, 11) is 0. The summed E-state index contributed by atoms with van der Waals surface area (Å²) in [6.07, 6.45) is 7.48. The number of nitrogens with two attached hydrogens (primary N) is 1. The second kappa shape index (κ2) is 9.30. The fraction of sp³-hybridized carbons (Fsp3) is 0.478. The molecule has 2 heterocycles. The monoisotopic (exact) mass is 380 g/mol. The van der Waals surface area contributed by atoms with Crippen LogP contribution in [0.3, 0.4) is 0 Å². The van der Waals surface area contributed by atoms with E-state index in [1.54, 1.807) is 12.4 Å². The van der Waals surface area contributed by atoms with E-state index in [4.69, 9.17) is 5.73 Å². The van der Waals surface area contributed by atoms with Crippen molar-refractivity contribution in [3.63, 3.8) is 0 Å². The molecule has 150 valence electrons. The molecule has 1 unspecified atom stereocenters. The molecule has 1 atom stereocenters. The number of pyridine rings is 1. The highest BCUT2D eigenvalue weighted by Gasteiger charge is 2.38. The van der Waals surface area contributed by atoms with Crippen LogP contribution in [0, 0.1) is 19.8 Å². The highest BCUT2D eigenvalue weighted by molar-refractivity contribution is 5.86. The zero-order valence-electron chi connectivity index (χ0n) is 17.0. The molecule has 1 fully saturated rings. The first kappa shape index (κ1) is 20.5. The van der Waals surface area contributed by atoms with Crippen molar-refractivity contribution in [2.45, 2.75) is 45.1 Å². The fourth-order valence-electron chi connectivity index (χ4n) is 4.27. The van der Waals surface area contributed by atoms with Crippen LogP contribution in [0.2, 0.25) is 0 Å². The Morgan fingerprint density at radius 1 is 1.18 bits per heavy atom. The van der Waals surface area contributed by atoms with Crippen molar-refractivity contribution in [2.24, 2.45) is 11.7 Å². The zero-order valence-corrected chi connectivity index (χ0v) is 17.0. The quantitative estimate of drug-likeness (QED) is 0.658. The average molecular weight is 381 g/mol. The molecular formula is C23H32N4O. The second-order valence-corrected chi connectivity index (χ2v) is 8.09. The molecule has 1 aliphatic heterocycles. The summed E-state index contributed by atoms with van der Waals surface area (Å²) in [6, 6.07) is 10.2. The molecule has 0 radical (unpaired) electrons. The highest BCUT2D eigenvalue weighted by Crippen LogP contribution is 2.28. The number of nitrogens with zero attached hydrogens (tertiary/aromatic N) is 1. The lowest BCUT2D eigenvalue weighted by Crippen LogP contribution is -2.55. The molecular weight excluding hydrogens is 348 g/mol. The molecule has 0 bridgehead atoms. The molecule has 1 saturated heterocycles. The van der Waals surface area contributed by atoms with E-state index in [9.17, 15) is 4.79 Å². The van der Waals surface area contributed by atoms with Crippen LogP contribution in [0.1, 0.15) is 41.5 Å². The number of aromatic nitrogens is 1. The second-order valence-electron chi connectivity index (χ2n) is 8.09. The van der Waals surface area contributed by atoms with Gasteiger partial charge in [0.05, 0.1) is 0 Å². The average Bonchev–Trinajstić information content (AvgIpc) is 2.68. The van der Waals surface area contributed by atoms with Gasteiger partial charge in [0.25, 0.3) is 0 Å². The third-order valence-corrected chi connectivity index (χ3v) is 5.79. The number of hydrogen-bond donors (Lipinski definition) is 3. The Morgan fingerprint density at radius 2 is 1.82 bits per heavy atom. The third-order valence-electron chi connectivity index (χ3n) is 5.79. The van der Waals surface area contributed by atoms with Crippen LogP contribution in [-0.2, 0) is 16.8 Å². The van der Waals surface area contributed by atoms with Crippen molar-refractivity contribution < 1.29 is 4.79 Å². The largest absolute Gasteiger partial charge is 0.368 e. The summed E-state index contributed by atoms with van der Waals surface area (Å²) in [6.45, 7) is 7.05. The molecule has 2 aromatic rings. The van der Waals surface area contributed by atoms with Gasteiger partial charge in [-0.15, -0.1) is 0 Å². The molecule has 0 aliphatic carbocycles. The number of hydrogen-bond acceptors (Lipinski definition) is 4. The van der Waals surface area contributed by atoms with Crippen LogP contribution < -0.4 is 16.4 Å². The molecule has 5 heteroatoms. The summed E-state index contributed by atoms with van der Waals surface area (Å²) in [4.78, 5) is 17.0. The Morgan fingerprint density at radius 3 is 2.43 bits per heavy atom. The molecule has 1 amide bonds. The van der Waals surface area contributed by atoms with Gasteiger partial charge in [0, 0.05) is 18.8 Å². The summed E-state index contributed by atoms with van der Waals surface area (Å²) in [5.41, 5.74) is 9.38. The van der Waals surface area contributed by atoms with Crippen LogP contribution in [0.15, 0.2) is 42.7 Å². The normalized spacial score (nSPS) is 17.2. The van der Waals surface area contributed by atoms with E-state index in [2.05, 4.69) is 47.7 Å². The Hall–Kier alpha value is -2.24. The maximum absolute atomic E-state index is 12.9. The number of aryl methyl sites for hydroxylation is 2. The molecule has 0 saturated carbocycles. The smallest absolute Gasteiger partial charge is 0.242 e. The molecule has 1 aromatic heterocycles. The summed E-state index contributed by atoms with van der Waals surface area (Å²) >= 11 is 0. The van der Waals surface area contributed by atoms with E-state index in [-0.39, 0.29) is 5.91 Å². The number of carbonyl (C=O) groups excluding carboxylic acids is 1. The highest BCUT2D eigenvalue weighted by atomic mass is 16.1. The Labute approximate surface area is 168 Å². The van der Waals surface area contributed by atoms with Gasteiger partial charge in [-0.05, 0) is 81.9 Å². The van der Waals surface area contributed by atoms with Crippen LogP contribution >= 0.6 is 0 Å². The first-order valence-electron chi connectivity index (χ1n) is 10.2. The van der Waals surface area contributed by atoms with Gasteiger partial charge in [0.15, 0.2) is 0 Å². The summed E-state index contributed by atoms with van der Waals surface area (Å²) in [5, 5.41) is 6.99. The number of nitrogens with one attached hydrogen (secondary N) is 2. The standard InChI is InChI=1S/C23H32N4O/c1-17-13-18(2)15-21(14-17)23(22(24)28,16-20-5-10-26-11-6-20)27-12-7-19-3-8-25-9-4-19/h5-6,10-11,13-15,19,25,27H,3-4,7-9,12,16H2,1-2H3,(H2,24,28).